The summed E-state index contributed by atoms with van der Waals surface area (Å²) in [5.74, 6) is 0.524. The molecule has 4 aromatic carbocycles. The first-order valence-corrected chi connectivity index (χ1v) is 12.2. The second-order valence-corrected chi connectivity index (χ2v) is 10.1. The Balaban J connectivity index is 1.52. The maximum atomic E-state index is 12.6. The Morgan fingerprint density at radius 2 is 1.12 bits per heavy atom. The normalized spacial score (nSPS) is 10.9. The summed E-state index contributed by atoms with van der Waals surface area (Å²) < 4.78 is 5.64. The fourth-order valence-electron chi connectivity index (χ4n) is 3.48. The van der Waals surface area contributed by atoms with Crippen LogP contribution in [0.15, 0.2) is 130 Å². The van der Waals surface area contributed by atoms with Crippen molar-refractivity contribution in [2.45, 2.75) is 28.5 Å². The largest absolute Gasteiger partial charge is 0.423 e. The van der Waals surface area contributed by atoms with Crippen molar-refractivity contribution in [2.75, 3.05) is 0 Å². The highest BCUT2D eigenvalue weighted by Crippen LogP contribution is 2.32. The van der Waals surface area contributed by atoms with Crippen molar-refractivity contribution in [3.8, 4) is 5.75 Å². The lowest BCUT2D eigenvalue weighted by atomic mass is 9.96. The molecule has 33 heavy (non-hydrogen) atoms. The van der Waals surface area contributed by atoms with Crippen molar-refractivity contribution in [1.82, 2.24) is 0 Å². The van der Waals surface area contributed by atoms with Gasteiger partial charge in [0.2, 0.25) is 0 Å². The molecule has 0 N–H and O–H groups in total. The van der Waals surface area contributed by atoms with Gasteiger partial charge in [0.15, 0.2) is 14.7 Å². The molecular weight excluding hydrogens is 424 g/mol. The Morgan fingerprint density at radius 3 is 1.61 bits per heavy atom. The van der Waals surface area contributed by atoms with E-state index in [1.54, 1.807) is 12.1 Å². The fraction of sp³-hybridized carbons (Fsp3) is 0.100. The van der Waals surface area contributed by atoms with Gasteiger partial charge in [-0.05, 0) is 77.7 Å². The summed E-state index contributed by atoms with van der Waals surface area (Å²) >= 11 is 0. The van der Waals surface area contributed by atoms with Crippen molar-refractivity contribution in [2.24, 2.45) is 5.92 Å². The van der Waals surface area contributed by atoms with Crippen LogP contribution in [0.4, 0.5) is 0 Å². The number of rotatable bonds is 7. The second kappa shape index (κ2) is 10.4. The second-order valence-electron chi connectivity index (χ2n) is 8.05. The van der Waals surface area contributed by atoms with Gasteiger partial charge in [0.25, 0.3) is 0 Å². The number of benzene rings is 4. The van der Waals surface area contributed by atoms with E-state index in [9.17, 15) is 4.79 Å². The minimum absolute atomic E-state index is 0.231. The summed E-state index contributed by atoms with van der Waals surface area (Å²) in [6, 6.07) is 36.2. The summed E-state index contributed by atoms with van der Waals surface area (Å²) in [5.41, 5.74) is 2.62. The molecule has 0 saturated heterocycles. The van der Waals surface area contributed by atoms with Crippen LogP contribution in [0.2, 0.25) is 0 Å². The minimum Gasteiger partial charge on any atom is -0.423 e. The molecule has 0 aliphatic carbocycles. The van der Waals surface area contributed by atoms with Crippen molar-refractivity contribution in [3.05, 3.63) is 127 Å². The summed E-state index contributed by atoms with van der Waals surface area (Å²) in [7, 11) is -0.231. The first-order valence-electron chi connectivity index (χ1n) is 11.0. The monoisotopic (exact) mass is 451 g/mol. The van der Waals surface area contributed by atoms with E-state index in [-0.39, 0.29) is 16.9 Å². The maximum Gasteiger partial charge on any atom is 0.343 e. The van der Waals surface area contributed by atoms with Crippen LogP contribution in [0.5, 0.6) is 5.75 Å². The van der Waals surface area contributed by atoms with E-state index in [2.05, 4.69) is 69.0 Å². The van der Waals surface area contributed by atoms with Crippen LogP contribution in [0.25, 0.3) is 5.57 Å². The number of hydrogen-bond acceptors (Lipinski definition) is 2. The van der Waals surface area contributed by atoms with Crippen LogP contribution in [0.3, 0.4) is 0 Å². The van der Waals surface area contributed by atoms with Gasteiger partial charge >= 0.3 is 5.97 Å². The number of hydrogen-bond donors (Lipinski definition) is 0. The third-order valence-corrected chi connectivity index (χ3v) is 7.65. The molecule has 0 amide bonds. The van der Waals surface area contributed by atoms with Gasteiger partial charge in [-0.3, -0.25) is 0 Å². The molecule has 0 atom stereocenters. The molecular formula is C30H27O2S+. The standard InChI is InChI=1S/C30H27O2S/c1-22(2)23(3)24-14-16-25(17-15-24)30(31)32-26-18-20-29(21-19-26)33(27-10-6-4-7-11-27)28-12-8-5-9-13-28/h4-22H,3H2,1-2H3/q+1. The minimum atomic E-state index is -0.366. The fourth-order valence-corrected chi connectivity index (χ4v) is 5.57. The molecule has 164 valence electrons. The van der Waals surface area contributed by atoms with Crippen molar-refractivity contribution in [1.29, 1.82) is 0 Å². The zero-order valence-electron chi connectivity index (χ0n) is 18.9. The van der Waals surface area contributed by atoms with Crippen LogP contribution >= 0.6 is 0 Å². The molecule has 0 aliphatic rings. The average Bonchev–Trinajstić information content (AvgIpc) is 2.86. The zero-order chi connectivity index (χ0) is 23.2. The van der Waals surface area contributed by atoms with Crippen molar-refractivity contribution in [3.63, 3.8) is 0 Å². The third kappa shape index (κ3) is 5.44. The Morgan fingerprint density at radius 1 is 0.667 bits per heavy atom. The Hall–Kier alpha value is -3.56. The van der Waals surface area contributed by atoms with Gasteiger partial charge in [0, 0.05) is 0 Å². The zero-order valence-corrected chi connectivity index (χ0v) is 19.7. The summed E-state index contributed by atoms with van der Waals surface area (Å²) in [6.45, 7) is 8.33. The van der Waals surface area contributed by atoms with Gasteiger partial charge in [-0.15, -0.1) is 0 Å². The van der Waals surface area contributed by atoms with Gasteiger partial charge < -0.3 is 4.74 Å². The predicted molar refractivity (Wildman–Crippen MR) is 137 cm³/mol. The number of ether oxygens (including phenoxy) is 1. The molecule has 0 saturated carbocycles. The average molecular weight is 452 g/mol. The molecule has 0 spiro atoms. The number of allylic oxidation sites excluding steroid dienone is 1. The van der Waals surface area contributed by atoms with Crippen molar-refractivity contribution >= 4 is 22.4 Å². The van der Waals surface area contributed by atoms with E-state index >= 15 is 0 Å². The molecule has 0 bridgehead atoms. The molecule has 0 unspecified atom stereocenters. The topological polar surface area (TPSA) is 26.3 Å². The summed E-state index contributed by atoms with van der Waals surface area (Å²) in [4.78, 5) is 16.3. The van der Waals surface area contributed by atoms with E-state index in [4.69, 9.17) is 4.74 Å². The van der Waals surface area contributed by atoms with Gasteiger partial charge in [-0.2, -0.15) is 0 Å². The van der Waals surface area contributed by atoms with E-state index in [1.807, 2.05) is 48.5 Å². The molecule has 3 heteroatoms. The first kappa shape index (κ1) is 22.6. The molecule has 0 aromatic heterocycles. The predicted octanol–water partition coefficient (Wildman–Crippen LogP) is 7.67. The van der Waals surface area contributed by atoms with Gasteiger partial charge in [-0.1, -0.05) is 69.0 Å². The maximum absolute atomic E-state index is 12.6. The summed E-state index contributed by atoms with van der Waals surface area (Å²) in [6.07, 6.45) is 0. The molecule has 4 rings (SSSR count). The highest BCUT2D eigenvalue weighted by Gasteiger charge is 2.28. The summed E-state index contributed by atoms with van der Waals surface area (Å²) in [5, 5.41) is 0. The van der Waals surface area contributed by atoms with Crippen LogP contribution in [0.1, 0.15) is 29.8 Å². The molecule has 0 fully saturated rings. The van der Waals surface area contributed by atoms with E-state index in [0.29, 0.717) is 17.2 Å². The smallest absolute Gasteiger partial charge is 0.343 e. The quantitative estimate of drug-likeness (QED) is 0.164. The van der Waals surface area contributed by atoms with E-state index in [0.717, 1.165) is 11.1 Å². The number of carbonyl (C=O) groups is 1. The molecule has 0 heterocycles. The number of esters is 1. The molecule has 2 nitrogen and oxygen atoms in total. The first-order chi connectivity index (χ1) is 16.0. The lowest BCUT2D eigenvalue weighted by Gasteiger charge is -2.11. The third-order valence-electron chi connectivity index (χ3n) is 5.42. The molecule has 0 radical (unpaired) electrons. The van der Waals surface area contributed by atoms with Crippen LogP contribution < -0.4 is 4.74 Å². The van der Waals surface area contributed by atoms with Gasteiger partial charge in [0.1, 0.15) is 5.75 Å². The molecule has 0 aliphatic heterocycles. The number of carbonyl (C=O) groups excluding carboxylic acids is 1. The van der Waals surface area contributed by atoms with Gasteiger partial charge in [-0.25, -0.2) is 4.79 Å². The van der Waals surface area contributed by atoms with Gasteiger partial charge in [0.05, 0.1) is 16.5 Å². The Kier molecular flexibility index (Phi) is 7.11. The lowest BCUT2D eigenvalue weighted by molar-refractivity contribution is 0.0734. The van der Waals surface area contributed by atoms with Crippen LogP contribution in [-0.2, 0) is 10.9 Å². The Bertz CT molecular complexity index is 1170. The van der Waals surface area contributed by atoms with E-state index in [1.165, 1.54) is 14.7 Å². The van der Waals surface area contributed by atoms with Crippen molar-refractivity contribution < 1.29 is 9.53 Å². The van der Waals surface area contributed by atoms with E-state index < -0.39 is 0 Å². The van der Waals surface area contributed by atoms with Crippen LogP contribution in [0, 0.1) is 5.92 Å². The lowest BCUT2D eigenvalue weighted by Crippen LogP contribution is -2.09. The van der Waals surface area contributed by atoms with Crippen LogP contribution in [-0.4, -0.2) is 5.97 Å². The molecule has 4 aromatic rings. The highest BCUT2D eigenvalue weighted by atomic mass is 32.2. The SMILES string of the molecule is C=C(c1ccc(C(=O)Oc2ccc([S+](c3ccccc3)c3ccccc3)cc2)cc1)C(C)C. The Labute approximate surface area is 198 Å². The highest BCUT2D eigenvalue weighted by molar-refractivity contribution is 7.97.